The fraction of sp³-hybridized carbons (Fsp3) is 0.261. The van der Waals surface area contributed by atoms with Crippen LogP contribution >= 0.6 is 0 Å². The number of benzene rings is 2. The number of hydrogen-bond donors (Lipinski definition) is 2. The van der Waals surface area contributed by atoms with E-state index in [1.807, 2.05) is 36.4 Å². The lowest BCUT2D eigenvalue weighted by Crippen LogP contribution is -2.25. The lowest BCUT2D eigenvalue weighted by Gasteiger charge is -2.10. The molecule has 3 aromatic rings. The molecule has 1 aromatic heterocycles. The minimum Gasteiger partial charge on any atom is -0.349 e. The summed E-state index contributed by atoms with van der Waals surface area (Å²) in [4.78, 5) is 25.4. The molecule has 0 aliphatic heterocycles. The van der Waals surface area contributed by atoms with Gasteiger partial charge in [0.05, 0.1) is 11.4 Å². The van der Waals surface area contributed by atoms with Crippen LogP contribution in [0.4, 0.5) is 5.69 Å². The number of para-hydroxylation sites is 1. The highest BCUT2D eigenvalue weighted by atomic mass is 16.2. The van der Waals surface area contributed by atoms with E-state index in [1.54, 1.807) is 28.9 Å². The summed E-state index contributed by atoms with van der Waals surface area (Å²) >= 11 is 0. The van der Waals surface area contributed by atoms with E-state index in [0.717, 1.165) is 37.1 Å². The van der Waals surface area contributed by atoms with Crippen molar-refractivity contribution in [3.05, 3.63) is 77.6 Å². The van der Waals surface area contributed by atoms with Crippen LogP contribution in [0.5, 0.6) is 0 Å². The standard InChI is InChI=1S/C23H22N4O2/c28-22(24-17-11-12-17)16-5-4-6-18(13-16)25-23(29)21-14-20(15-9-10-15)26-27(21)19-7-2-1-3-8-19/h1-8,13-15,17H,9-12H2,(H,24,28)(H,25,29). The van der Waals surface area contributed by atoms with Gasteiger partial charge < -0.3 is 10.6 Å². The molecule has 0 atom stereocenters. The van der Waals surface area contributed by atoms with E-state index in [9.17, 15) is 9.59 Å². The molecule has 0 spiro atoms. The second-order valence-electron chi connectivity index (χ2n) is 7.76. The first-order chi connectivity index (χ1) is 14.2. The summed E-state index contributed by atoms with van der Waals surface area (Å²) in [6.07, 6.45) is 4.31. The Labute approximate surface area is 168 Å². The smallest absolute Gasteiger partial charge is 0.274 e. The zero-order chi connectivity index (χ0) is 19.8. The number of nitrogens with zero attached hydrogens (tertiary/aromatic N) is 2. The van der Waals surface area contributed by atoms with Gasteiger partial charge in [-0.15, -0.1) is 0 Å². The zero-order valence-electron chi connectivity index (χ0n) is 16.0. The normalized spacial score (nSPS) is 15.7. The summed E-state index contributed by atoms with van der Waals surface area (Å²) in [7, 11) is 0. The Morgan fingerprint density at radius 2 is 1.69 bits per heavy atom. The molecule has 6 heteroatoms. The molecular weight excluding hydrogens is 364 g/mol. The van der Waals surface area contributed by atoms with Crippen LogP contribution in [0.2, 0.25) is 0 Å². The van der Waals surface area contributed by atoms with E-state index < -0.39 is 0 Å². The molecule has 29 heavy (non-hydrogen) atoms. The average molecular weight is 386 g/mol. The minimum atomic E-state index is -0.243. The summed E-state index contributed by atoms with van der Waals surface area (Å²) in [5.74, 6) is 0.0999. The van der Waals surface area contributed by atoms with Crippen molar-refractivity contribution in [3.8, 4) is 5.69 Å². The molecule has 0 bridgehead atoms. The molecule has 0 radical (unpaired) electrons. The van der Waals surface area contributed by atoms with Crippen LogP contribution in [0.3, 0.4) is 0 Å². The summed E-state index contributed by atoms with van der Waals surface area (Å²) in [6, 6.07) is 18.9. The highest BCUT2D eigenvalue weighted by Gasteiger charge is 2.29. The molecule has 2 N–H and O–H groups in total. The predicted octanol–water partition coefficient (Wildman–Crippen LogP) is 3.89. The monoisotopic (exact) mass is 386 g/mol. The maximum Gasteiger partial charge on any atom is 0.274 e. The molecule has 6 nitrogen and oxygen atoms in total. The molecule has 0 saturated heterocycles. The molecule has 5 rings (SSSR count). The van der Waals surface area contributed by atoms with Crippen LogP contribution < -0.4 is 10.6 Å². The summed E-state index contributed by atoms with van der Waals surface area (Å²) in [5.41, 5.74) is 3.43. The van der Waals surface area contributed by atoms with Crippen LogP contribution in [-0.4, -0.2) is 27.6 Å². The number of rotatable bonds is 6. The first-order valence-corrected chi connectivity index (χ1v) is 10.0. The van der Waals surface area contributed by atoms with Gasteiger partial charge in [0.15, 0.2) is 0 Å². The Hall–Kier alpha value is -3.41. The van der Waals surface area contributed by atoms with Gasteiger partial charge in [0, 0.05) is 23.2 Å². The average Bonchev–Trinajstić information content (AvgIpc) is 3.68. The number of carbonyl (C=O) groups excluding carboxylic acids is 2. The number of carbonyl (C=O) groups is 2. The minimum absolute atomic E-state index is 0.103. The van der Waals surface area contributed by atoms with Crippen LogP contribution in [0.15, 0.2) is 60.7 Å². The molecule has 2 fully saturated rings. The lowest BCUT2D eigenvalue weighted by molar-refractivity contribution is 0.0949. The first-order valence-electron chi connectivity index (χ1n) is 10.0. The van der Waals surface area contributed by atoms with Gasteiger partial charge in [0.25, 0.3) is 11.8 Å². The third-order valence-corrected chi connectivity index (χ3v) is 5.25. The van der Waals surface area contributed by atoms with Gasteiger partial charge in [-0.05, 0) is 62.1 Å². The van der Waals surface area contributed by atoms with E-state index >= 15 is 0 Å². The van der Waals surface area contributed by atoms with Gasteiger partial charge in [0.1, 0.15) is 5.69 Å². The zero-order valence-corrected chi connectivity index (χ0v) is 16.0. The van der Waals surface area contributed by atoms with Crippen LogP contribution in [0.1, 0.15) is 58.1 Å². The highest BCUT2D eigenvalue weighted by molar-refractivity contribution is 6.04. The summed E-state index contributed by atoms with van der Waals surface area (Å²) < 4.78 is 1.70. The van der Waals surface area contributed by atoms with Gasteiger partial charge in [-0.1, -0.05) is 24.3 Å². The molecule has 2 aliphatic rings. The number of aromatic nitrogens is 2. The fourth-order valence-corrected chi connectivity index (χ4v) is 3.34. The van der Waals surface area contributed by atoms with Gasteiger partial charge in [-0.3, -0.25) is 9.59 Å². The second kappa shape index (κ2) is 7.20. The molecule has 2 aromatic carbocycles. The fourth-order valence-electron chi connectivity index (χ4n) is 3.34. The molecule has 2 amide bonds. The number of nitrogens with one attached hydrogen (secondary N) is 2. The molecular formula is C23H22N4O2. The highest BCUT2D eigenvalue weighted by Crippen LogP contribution is 2.39. The van der Waals surface area contributed by atoms with E-state index in [-0.39, 0.29) is 11.8 Å². The van der Waals surface area contributed by atoms with Crippen molar-refractivity contribution in [1.82, 2.24) is 15.1 Å². The third kappa shape index (κ3) is 3.92. The van der Waals surface area contributed by atoms with Crippen molar-refractivity contribution in [2.75, 3.05) is 5.32 Å². The van der Waals surface area contributed by atoms with E-state index in [4.69, 9.17) is 0 Å². The Morgan fingerprint density at radius 1 is 0.897 bits per heavy atom. The molecule has 146 valence electrons. The maximum absolute atomic E-state index is 13.1. The van der Waals surface area contributed by atoms with Crippen LogP contribution in [0.25, 0.3) is 5.69 Å². The Bertz CT molecular complexity index is 1070. The predicted molar refractivity (Wildman–Crippen MR) is 110 cm³/mol. The lowest BCUT2D eigenvalue weighted by atomic mass is 10.2. The molecule has 2 saturated carbocycles. The topological polar surface area (TPSA) is 76.0 Å². The van der Waals surface area contributed by atoms with Gasteiger partial charge >= 0.3 is 0 Å². The molecule has 1 heterocycles. The second-order valence-corrected chi connectivity index (χ2v) is 7.76. The van der Waals surface area contributed by atoms with Crippen LogP contribution in [0, 0.1) is 0 Å². The first kappa shape index (κ1) is 17.7. The van der Waals surface area contributed by atoms with Crippen molar-refractivity contribution in [2.24, 2.45) is 0 Å². The van der Waals surface area contributed by atoms with E-state index in [0.29, 0.717) is 28.9 Å². The SMILES string of the molecule is O=C(NC1CC1)c1cccc(NC(=O)c2cc(C3CC3)nn2-c2ccccc2)c1. The van der Waals surface area contributed by atoms with Crippen molar-refractivity contribution in [1.29, 1.82) is 0 Å². The van der Waals surface area contributed by atoms with Gasteiger partial charge in [0.2, 0.25) is 0 Å². The van der Waals surface area contributed by atoms with Gasteiger partial charge in [-0.2, -0.15) is 5.10 Å². The van der Waals surface area contributed by atoms with Crippen molar-refractivity contribution >= 4 is 17.5 Å². The van der Waals surface area contributed by atoms with Crippen molar-refractivity contribution in [2.45, 2.75) is 37.6 Å². The van der Waals surface area contributed by atoms with E-state index in [1.165, 1.54) is 0 Å². The Morgan fingerprint density at radius 3 is 2.41 bits per heavy atom. The van der Waals surface area contributed by atoms with E-state index in [2.05, 4.69) is 15.7 Å². The number of amides is 2. The van der Waals surface area contributed by atoms with Gasteiger partial charge in [-0.25, -0.2) is 4.68 Å². The summed E-state index contributed by atoms with van der Waals surface area (Å²) in [5, 5.41) is 10.6. The van der Waals surface area contributed by atoms with Crippen LogP contribution in [-0.2, 0) is 0 Å². The van der Waals surface area contributed by atoms with Crippen molar-refractivity contribution in [3.63, 3.8) is 0 Å². The summed E-state index contributed by atoms with van der Waals surface area (Å²) in [6.45, 7) is 0. The Balaban J connectivity index is 1.40. The molecule has 2 aliphatic carbocycles. The van der Waals surface area contributed by atoms with Crippen molar-refractivity contribution < 1.29 is 9.59 Å². The third-order valence-electron chi connectivity index (χ3n) is 5.25. The molecule has 0 unspecified atom stereocenters. The quantitative estimate of drug-likeness (QED) is 0.675. The number of anilines is 1. The maximum atomic E-state index is 13.1. The number of hydrogen-bond acceptors (Lipinski definition) is 3. The largest absolute Gasteiger partial charge is 0.349 e. The Kier molecular flexibility index (Phi) is 4.39.